The molecule has 0 aromatic heterocycles. The van der Waals surface area contributed by atoms with Gasteiger partial charge >= 0.3 is 11.9 Å². The van der Waals surface area contributed by atoms with Crippen molar-refractivity contribution in [3.8, 4) is 0 Å². The monoisotopic (exact) mass is 224 g/mol. The van der Waals surface area contributed by atoms with Crippen LogP contribution in [0, 0.1) is 0 Å². The summed E-state index contributed by atoms with van der Waals surface area (Å²) < 4.78 is 4.73. The van der Waals surface area contributed by atoms with Crippen LogP contribution in [0.2, 0.25) is 0 Å². The van der Waals surface area contributed by atoms with E-state index in [9.17, 15) is 9.59 Å². The maximum absolute atomic E-state index is 11.4. The van der Waals surface area contributed by atoms with Crippen LogP contribution in [-0.2, 0) is 11.3 Å². The molecule has 0 radical (unpaired) electrons. The second-order valence-corrected chi connectivity index (χ2v) is 3.06. The molecule has 1 aromatic rings. The van der Waals surface area contributed by atoms with Crippen molar-refractivity contribution in [3.05, 3.63) is 34.9 Å². The van der Waals surface area contributed by atoms with Crippen LogP contribution in [0.5, 0.6) is 0 Å². The van der Waals surface area contributed by atoms with Crippen molar-refractivity contribution < 1.29 is 24.5 Å². The van der Waals surface area contributed by atoms with Gasteiger partial charge in [0.2, 0.25) is 0 Å². The first kappa shape index (κ1) is 12.2. The summed E-state index contributed by atoms with van der Waals surface area (Å²) in [5.74, 6) is -1.90. The minimum atomic E-state index is -1.22. The average molecular weight is 224 g/mol. The van der Waals surface area contributed by atoms with Crippen molar-refractivity contribution in [2.24, 2.45) is 0 Å². The summed E-state index contributed by atoms with van der Waals surface area (Å²) in [6.07, 6.45) is 0. The lowest BCUT2D eigenvalue weighted by Gasteiger charge is -2.06. The van der Waals surface area contributed by atoms with Gasteiger partial charge in [-0.3, -0.25) is 0 Å². The zero-order valence-corrected chi connectivity index (χ0v) is 8.77. The molecule has 0 unspecified atom stereocenters. The third-order valence-corrected chi connectivity index (χ3v) is 1.99. The summed E-state index contributed by atoms with van der Waals surface area (Å²) in [5, 5.41) is 17.8. The minimum Gasteiger partial charge on any atom is -0.478 e. The van der Waals surface area contributed by atoms with Gasteiger partial charge in [-0.2, -0.15) is 0 Å². The van der Waals surface area contributed by atoms with E-state index < -0.39 is 11.9 Å². The van der Waals surface area contributed by atoms with E-state index in [-0.39, 0.29) is 24.3 Å². The van der Waals surface area contributed by atoms with Crippen LogP contribution < -0.4 is 0 Å². The SMILES string of the molecule is CCOC(=O)c1ccc(CO)cc1C(=O)O. The van der Waals surface area contributed by atoms with Gasteiger partial charge in [0.15, 0.2) is 0 Å². The van der Waals surface area contributed by atoms with E-state index in [2.05, 4.69) is 0 Å². The molecule has 0 aliphatic carbocycles. The average Bonchev–Trinajstić information content (AvgIpc) is 2.28. The van der Waals surface area contributed by atoms with E-state index in [0.717, 1.165) is 0 Å². The Balaban J connectivity index is 3.17. The Kier molecular flexibility index (Phi) is 4.02. The van der Waals surface area contributed by atoms with Crippen molar-refractivity contribution in [2.75, 3.05) is 6.61 Å². The highest BCUT2D eigenvalue weighted by molar-refractivity contribution is 6.02. The predicted octanol–water partition coefficient (Wildman–Crippen LogP) is 1.05. The third-order valence-electron chi connectivity index (χ3n) is 1.99. The van der Waals surface area contributed by atoms with Gasteiger partial charge in [-0.25, -0.2) is 9.59 Å². The lowest BCUT2D eigenvalue weighted by Crippen LogP contribution is -2.12. The summed E-state index contributed by atoms with van der Waals surface area (Å²) in [6, 6.07) is 4.08. The molecule has 0 saturated carbocycles. The molecule has 0 saturated heterocycles. The number of carboxylic acid groups (broad SMARTS) is 1. The normalized spacial score (nSPS) is 9.88. The van der Waals surface area contributed by atoms with Gasteiger partial charge in [-0.05, 0) is 24.6 Å². The highest BCUT2D eigenvalue weighted by Gasteiger charge is 2.17. The van der Waals surface area contributed by atoms with E-state index in [1.165, 1.54) is 18.2 Å². The number of hydrogen-bond acceptors (Lipinski definition) is 4. The number of ether oxygens (including phenoxy) is 1. The number of rotatable bonds is 4. The maximum atomic E-state index is 11.4. The molecule has 0 fully saturated rings. The Morgan fingerprint density at radius 3 is 2.50 bits per heavy atom. The number of carbonyl (C=O) groups excluding carboxylic acids is 1. The van der Waals surface area contributed by atoms with Gasteiger partial charge in [0, 0.05) is 0 Å². The molecule has 1 aromatic carbocycles. The van der Waals surface area contributed by atoms with Crippen LogP contribution in [-0.4, -0.2) is 28.8 Å². The van der Waals surface area contributed by atoms with E-state index in [1.807, 2.05) is 0 Å². The molecule has 0 bridgehead atoms. The van der Waals surface area contributed by atoms with Gasteiger partial charge in [0.25, 0.3) is 0 Å². The Hall–Kier alpha value is -1.88. The smallest absolute Gasteiger partial charge is 0.338 e. The second-order valence-electron chi connectivity index (χ2n) is 3.06. The molecule has 16 heavy (non-hydrogen) atoms. The van der Waals surface area contributed by atoms with Crippen molar-refractivity contribution in [1.29, 1.82) is 0 Å². The van der Waals surface area contributed by atoms with Crippen LogP contribution >= 0.6 is 0 Å². The molecule has 0 heterocycles. The number of benzene rings is 1. The first-order valence-corrected chi connectivity index (χ1v) is 4.74. The number of aliphatic hydroxyl groups is 1. The molecule has 0 aliphatic rings. The molecule has 5 heteroatoms. The van der Waals surface area contributed by atoms with Crippen molar-refractivity contribution in [3.63, 3.8) is 0 Å². The molecule has 0 amide bonds. The summed E-state index contributed by atoms with van der Waals surface area (Å²) in [6.45, 7) is 1.55. The van der Waals surface area contributed by atoms with Gasteiger partial charge in [-0.15, -0.1) is 0 Å². The first-order chi connectivity index (χ1) is 7.60. The minimum absolute atomic E-state index is 0.00782. The molecule has 1 rings (SSSR count). The summed E-state index contributed by atoms with van der Waals surface area (Å²) >= 11 is 0. The second kappa shape index (κ2) is 5.27. The van der Waals surface area contributed by atoms with E-state index in [4.69, 9.17) is 14.9 Å². The Bertz CT molecular complexity index is 411. The van der Waals surface area contributed by atoms with Crippen molar-refractivity contribution in [2.45, 2.75) is 13.5 Å². The molecular formula is C11H12O5. The Labute approximate surface area is 92.3 Å². The van der Waals surface area contributed by atoms with E-state index in [0.29, 0.717) is 5.56 Å². The first-order valence-electron chi connectivity index (χ1n) is 4.74. The van der Waals surface area contributed by atoms with Crippen molar-refractivity contribution >= 4 is 11.9 Å². The largest absolute Gasteiger partial charge is 0.478 e. The van der Waals surface area contributed by atoms with Crippen molar-refractivity contribution in [1.82, 2.24) is 0 Å². The zero-order valence-electron chi connectivity index (χ0n) is 8.77. The molecule has 5 nitrogen and oxygen atoms in total. The van der Waals surface area contributed by atoms with Crippen LogP contribution in [0.15, 0.2) is 18.2 Å². The number of carbonyl (C=O) groups is 2. The highest BCUT2D eigenvalue weighted by Crippen LogP contribution is 2.14. The number of aromatic carboxylic acids is 1. The molecule has 2 N–H and O–H groups in total. The van der Waals surface area contributed by atoms with E-state index in [1.54, 1.807) is 6.92 Å². The molecule has 0 spiro atoms. The number of esters is 1. The van der Waals surface area contributed by atoms with Crippen LogP contribution in [0.3, 0.4) is 0 Å². The molecule has 0 aliphatic heterocycles. The van der Waals surface area contributed by atoms with Crippen LogP contribution in [0.4, 0.5) is 0 Å². The quantitative estimate of drug-likeness (QED) is 0.747. The van der Waals surface area contributed by atoms with Gasteiger partial charge < -0.3 is 14.9 Å². The molecule has 86 valence electrons. The third kappa shape index (κ3) is 2.58. The standard InChI is InChI=1S/C11H12O5/c1-2-16-11(15)8-4-3-7(6-12)5-9(8)10(13)14/h3-5,12H,2,6H2,1H3,(H,13,14). The fourth-order valence-electron chi connectivity index (χ4n) is 1.25. The predicted molar refractivity (Wildman–Crippen MR) is 55.3 cm³/mol. The summed E-state index contributed by atoms with van der Waals surface area (Å²) in [7, 11) is 0. The maximum Gasteiger partial charge on any atom is 0.338 e. The number of hydrogen-bond donors (Lipinski definition) is 2. The van der Waals surface area contributed by atoms with Crippen LogP contribution in [0.25, 0.3) is 0 Å². The zero-order chi connectivity index (χ0) is 12.1. The Morgan fingerprint density at radius 1 is 1.31 bits per heavy atom. The van der Waals surface area contributed by atoms with Gasteiger partial charge in [0.1, 0.15) is 0 Å². The number of carboxylic acids is 1. The fraction of sp³-hybridized carbons (Fsp3) is 0.273. The summed E-state index contributed by atoms with van der Waals surface area (Å²) in [5.41, 5.74) is 0.266. The fourth-order valence-corrected chi connectivity index (χ4v) is 1.25. The molecule has 0 atom stereocenters. The topological polar surface area (TPSA) is 83.8 Å². The lowest BCUT2D eigenvalue weighted by molar-refractivity contribution is 0.0514. The summed E-state index contributed by atoms with van der Waals surface area (Å²) in [4.78, 5) is 22.3. The highest BCUT2D eigenvalue weighted by atomic mass is 16.5. The van der Waals surface area contributed by atoms with Gasteiger partial charge in [0.05, 0.1) is 24.3 Å². The van der Waals surface area contributed by atoms with Crippen LogP contribution in [0.1, 0.15) is 33.2 Å². The number of aliphatic hydroxyl groups excluding tert-OH is 1. The lowest BCUT2D eigenvalue weighted by atomic mass is 10.0. The van der Waals surface area contributed by atoms with Gasteiger partial charge in [-0.1, -0.05) is 6.07 Å². The molecular weight excluding hydrogens is 212 g/mol. The van der Waals surface area contributed by atoms with E-state index >= 15 is 0 Å². The Morgan fingerprint density at radius 2 is 2.00 bits per heavy atom.